The molecular weight excluding hydrogens is 346 g/mol. The quantitative estimate of drug-likeness (QED) is 0.446. The molecule has 3 aromatic carbocycles. The zero-order valence-electron chi connectivity index (χ0n) is 15.5. The summed E-state index contributed by atoms with van der Waals surface area (Å²) in [5, 5.41) is 10.3. The molecule has 0 bridgehead atoms. The van der Waals surface area contributed by atoms with Crippen molar-refractivity contribution in [2.75, 3.05) is 0 Å². The van der Waals surface area contributed by atoms with Crippen molar-refractivity contribution in [1.29, 1.82) is 0 Å². The minimum Gasteiger partial charge on any atom is -0.478 e. The molecule has 0 unspecified atom stereocenters. The fourth-order valence-electron chi connectivity index (χ4n) is 3.19. The second kappa shape index (κ2) is 7.49. The number of hydrogen-bond acceptors (Lipinski definition) is 2. The van der Waals surface area contributed by atoms with E-state index in [-0.39, 0.29) is 5.56 Å². The summed E-state index contributed by atoms with van der Waals surface area (Å²) in [5.41, 5.74) is 5.74. The first-order valence-corrected chi connectivity index (χ1v) is 9.08. The monoisotopic (exact) mass is 365 g/mol. The zero-order chi connectivity index (χ0) is 19.5. The van der Waals surface area contributed by atoms with Crippen LogP contribution in [0.25, 0.3) is 34.3 Å². The van der Waals surface area contributed by atoms with Crippen LogP contribution in [-0.4, -0.2) is 16.1 Å². The van der Waals surface area contributed by atoms with Crippen molar-refractivity contribution in [3.8, 4) is 11.3 Å². The molecule has 0 aliphatic carbocycles. The third-order valence-electron chi connectivity index (χ3n) is 4.67. The van der Waals surface area contributed by atoms with Gasteiger partial charge in [0.2, 0.25) is 0 Å². The Kier molecular flexibility index (Phi) is 4.73. The average molecular weight is 365 g/mol. The van der Waals surface area contributed by atoms with Crippen molar-refractivity contribution in [3.63, 3.8) is 0 Å². The second-order valence-corrected chi connectivity index (χ2v) is 6.75. The van der Waals surface area contributed by atoms with Crippen LogP contribution in [0.4, 0.5) is 0 Å². The maximum atomic E-state index is 11.7. The minimum absolute atomic E-state index is 0.275. The Balaban J connectivity index is 1.69. The second-order valence-electron chi connectivity index (χ2n) is 6.75. The number of benzene rings is 3. The summed E-state index contributed by atoms with van der Waals surface area (Å²) in [6.07, 6.45) is 4.12. The highest BCUT2D eigenvalue weighted by Crippen LogP contribution is 2.26. The fraction of sp³-hybridized carbons (Fsp3) is 0.0400. The maximum absolute atomic E-state index is 11.7. The predicted octanol–water partition coefficient (Wildman–Crippen LogP) is 6.08. The normalized spacial score (nSPS) is 11.2. The van der Waals surface area contributed by atoms with Crippen molar-refractivity contribution in [3.05, 3.63) is 101 Å². The molecule has 3 heteroatoms. The first kappa shape index (κ1) is 17.7. The standard InChI is InChI=1S/C25H19NO2/c1-17-7-14-23-21(15-17)22(25(27)28)16-24(26-23)20-12-10-19(11-13-20)9-8-18-5-3-2-4-6-18/h2-16H,1H3,(H,27,28)/b9-8+. The maximum Gasteiger partial charge on any atom is 0.336 e. The SMILES string of the molecule is Cc1ccc2nc(-c3ccc(/C=C/c4ccccc4)cc3)cc(C(=O)O)c2c1. The summed E-state index contributed by atoms with van der Waals surface area (Å²) in [7, 11) is 0. The average Bonchev–Trinajstić information content (AvgIpc) is 2.72. The van der Waals surface area contributed by atoms with Gasteiger partial charge in [-0.1, -0.05) is 78.4 Å². The van der Waals surface area contributed by atoms with Crippen LogP contribution >= 0.6 is 0 Å². The highest BCUT2D eigenvalue weighted by Gasteiger charge is 2.13. The highest BCUT2D eigenvalue weighted by molar-refractivity contribution is 6.04. The Morgan fingerprint density at radius 2 is 1.54 bits per heavy atom. The molecule has 0 saturated carbocycles. The predicted molar refractivity (Wildman–Crippen MR) is 114 cm³/mol. The van der Waals surface area contributed by atoms with Gasteiger partial charge in [-0.05, 0) is 36.2 Å². The molecule has 1 N–H and O–H groups in total. The molecule has 0 radical (unpaired) electrons. The summed E-state index contributed by atoms with van der Waals surface area (Å²) < 4.78 is 0. The molecule has 136 valence electrons. The van der Waals surface area contributed by atoms with Crippen LogP contribution in [0.15, 0.2) is 78.9 Å². The summed E-state index contributed by atoms with van der Waals surface area (Å²) in [6.45, 7) is 1.95. The number of pyridine rings is 1. The van der Waals surface area contributed by atoms with E-state index in [1.807, 2.05) is 67.6 Å². The molecule has 0 saturated heterocycles. The number of aromatic nitrogens is 1. The van der Waals surface area contributed by atoms with E-state index in [2.05, 4.69) is 29.3 Å². The van der Waals surface area contributed by atoms with Crippen LogP contribution in [0.2, 0.25) is 0 Å². The number of aromatic carboxylic acids is 1. The van der Waals surface area contributed by atoms with Gasteiger partial charge in [0.05, 0.1) is 16.8 Å². The van der Waals surface area contributed by atoms with Gasteiger partial charge in [-0.25, -0.2) is 9.78 Å². The van der Waals surface area contributed by atoms with Gasteiger partial charge in [0.1, 0.15) is 0 Å². The molecule has 1 aromatic heterocycles. The van der Waals surface area contributed by atoms with Gasteiger partial charge in [-0.3, -0.25) is 0 Å². The lowest BCUT2D eigenvalue weighted by Crippen LogP contribution is -2.00. The van der Waals surface area contributed by atoms with Crippen molar-refractivity contribution >= 4 is 29.0 Å². The fourth-order valence-corrected chi connectivity index (χ4v) is 3.19. The van der Waals surface area contributed by atoms with E-state index in [4.69, 9.17) is 0 Å². The van der Waals surface area contributed by atoms with Gasteiger partial charge in [-0.2, -0.15) is 0 Å². The minimum atomic E-state index is -0.943. The van der Waals surface area contributed by atoms with E-state index in [1.165, 1.54) is 0 Å². The summed E-state index contributed by atoms with van der Waals surface area (Å²) in [6, 6.07) is 25.4. The number of rotatable bonds is 4. The smallest absolute Gasteiger partial charge is 0.336 e. The van der Waals surface area contributed by atoms with Crippen LogP contribution in [0.3, 0.4) is 0 Å². The largest absolute Gasteiger partial charge is 0.478 e. The van der Waals surface area contributed by atoms with Crippen LogP contribution in [0, 0.1) is 6.92 Å². The zero-order valence-corrected chi connectivity index (χ0v) is 15.5. The number of carboxylic acid groups (broad SMARTS) is 1. The van der Waals surface area contributed by atoms with Crippen molar-refractivity contribution in [2.24, 2.45) is 0 Å². The van der Waals surface area contributed by atoms with Gasteiger partial charge >= 0.3 is 5.97 Å². The number of hydrogen-bond donors (Lipinski definition) is 1. The molecule has 4 rings (SSSR count). The van der Waals surface area contributed by atoms with Crippen molar-refractivity contribution < 1.29 is 9.90 Å². The van der Waals surface area contributed by atoms with Crippen LogP contribution in [0.5, 0.6) is 0 Å². The van der Waals surface area contributed by atoms with E-state index in [0.717, 1.165) is 22.3 Å². The molecule has 0 spiro atoms. The molecular formula is C25H19NO2. The number of fused-ring (bicyclic) bond motifs is 1. The van der Waals surface area contributed by atoms with E-state index in [1.54, 1.807) is 6.07 Å². The first-order valence-electron chi connectivity index (χ1n) is 9.08. The number of carbonyl (C=O) groups is 1. The Hall–Kier alpha value is -3.72. The number of carboxylic acids is 1. The van der Waals surface area contributed by atoms with Crippen molar-refractivity contribution in [2.45, 2.75) is 6.92 Å². The molecule has 28 heavy (non-hydrogen) atoms. The third-order valence-corrected chi connectivity index (χ3v) is 4.67. The van der Waals surface area contributed by atoms with Crippen LogP contribution in [-0.2, 0) is 0 Å². The van der Waals surface area contributed by atoms with Gasteiger partial charge in [0.15, 0.2) is 0 Å². The van der Waals surface area contributed by atoms with E-state index >= 15 is 0 Å². The molecule has 0 fully saturated rings. The highest BCUT2D eigenvalue weighted by atomic mass is 16.4. The lowest BCUT2D eigenvalue weighted by molar-refractivity contribution is 0.0699. The summed E-state index contributed by atoms with van der Waals surface area (Å²) in [5.74, 6) is -0.943. The lowest BCUT2D eigenvalue weighted by Gasteiger charge is -2.08. The molecule has 0 aliphatic heterocycles. The molecule has 0 atom stereocenters. The molecule has 0 aliphatic rings. The van der Waals surface area contributed by atoms with Gasteiger partial charge in [0.25, 0.3) is 0 Å². The van der Waals surface area contributed by atoms with Crippen LogP contribution < -0.4 is 0 Å². The Morgan fingerprint density at radius 1 is 0.857 bits per heavy atom. The van der Waals surface area contributed by atoms with Gasteiger partial charge in [0, 0.05) is 10.9 Å². The molecule has 3 nitrogen and oxygen atoms in total. The molecule has 4 aromatic rings. The van der Waals surface area contributed by atoms with E-state index < -0.39 is 5.97 Å². The lowest BCUT2D eigenvalue weighted by atomic mass is 10.0. The van der Waals surface area contributed by atoms with Gasteiger partial charge in [-0.15, -0.1) is 0 Å². The summed E-state index contributed by atoms with van der Waals surface area (Å²) >= 11 is 0. The number of nitrogens with zero attached hydrogens (tertiary/aromatic N) is 1. The van der Waals surface area contributed by atoms with Gasteiger partial charge < -0.3 is 5.11 Å². The van der Waals surface area contributed by atoms with E-state index in [9.17, 15) is 9.90 Å². The Labute approximate surface area is 163 Å². The first-order chi connectivity index (χ1) is 13.6. The Bertz CT molecular complexity index is 1180. The summed E-state index contributed by atoms with van der Waals surface area (Å²) in [4.78, 5) is 16.4. The third kappa shape index (κ3) is 3.69. The molecule has 1 heterocycles. The Morgan fingerprint density at radius 3 is 2.21 bits per heavy atom. The van der Waals surface area contributed by atoms with Crippen molar-refractivity contribution in [1.82, 2.24) is 4.98 Å². The topological polar surface area (TPSA) is 50.2 Å². The van der Waals surface area contributed by atoms with Crippen LogP contribution in [0.1, 0.15) is 27.0 Å². The molecule has 0 amide bonds. The van der Waals surface area contributed by atoms with E-state index in [0.29, 0.717) is 16.6 Å². The number of aryl methyl sites for hydroxylation is 1.